The Bertz CT molecular complexity index is 796. The molecule has 0 bridgehead atoms. The van der Waals surface area contributed by atoms with E-state index in [0.717, 1.165) is 23.5 Å². The predicted molar refractivity (Wildman–Crippen MR) is 99.0 cm³/mol. The molecule has 1 aliphatic heterocycles. The number of imide groups is 1. The number of carbonyl (C=O) groups is 3. The summed E-state index contributed by atoms with van der Waals surface area (Å²) in [4.78, 5) is 41.9. The first-order valence-electron chi connectivity index (χ1n) is 8.69. The number of nitrogens with zero attached hydrogens (tertiary/aromatic N) is 2. The molecule has 6 nitrogen and oxygen atoms in total. The molecule has 26 heavy (non-hydrogen) atoms. The van der Waals surface area contributed by atoms with Crippen molar-refractivity contribution in [3.05, 3.63) is 51.5 Å². The molecule has 1 N–H and O–H groups in total. The maximum absolute atomic E-state index is 12.2. The van der Waals surface area contributed by atoms with E-state index in [0.29, 0.717) is 37.1 Å². The van der Waals surface area contributed by atoms with Crippen LogP contribution in [-0.4, -0.2) is 34.2 Å². The average Bonchev–Trinajstić information content (AvgIpc) is 3.16. The number of hydrogen-bond acceptors (Lipinski definition) is 5. The first kappa shape index (κ1) is 18.3. The van der Waals surface area contributed by atoms with Gasteiger partial charge in [0.25, 0.3) is 11.8 Å². The van der Waals surface area contributed by atoms with Crippen molar-refractivity contribution in [2.24, 2.45) is 0 Å². The maximum atomic E-state index is 12.2. The molecule has 0 radical (unpaired) electrons. The molecule has 0 unspecified atom stereocenters. The highest BCUT2D eigenvalue weighted by atomic mass is 32.1. The molecule has 0 atom stereocenters. The van der Waals surface area contributed by atoms with Crippen LogP contribution in [0.1, 0.15) is 57.1 Å². The van der Waals surface area contributed by atoms with Gasteiger partial charge in [0.2, 0.25) is 5.91 Å². The molecule has 0 fully saturated rings. The Morgan fingerprint density at radius 2 is 1.81 bits per heavy atom. The van der Waals surface area contributed by atoms with Crippen LogP contribution in [0.2, 0.25) is 0 Å². The predicted octanol–water partition coefficient (Wildman–Crippen LogP) is 2.92. The van der Waals surface area contributed by atoms with Crippen molar-refractivity contribution in [1.29, 1.82) is 0 Å². The van der Waals surface area contributed by atoms with Gasteiger partial charge in [0.05, 0.1) is 28.4 Å². The Morgan fingerprint density at radius 1 is 1.12 bits per heavy atom. The van der Waals surface area contributed by atoms with Crippen LogP contribution in [0.15, 0.2) is 29.6 Å². The number of amides is 3. The highest BCUT2D eigenvalue weighted by molar-refractivity contribution is 7.09. The topological polar surface area (TPSA) is 79.4 Å². The Morgan fingerprint density at radius 3 is 2.42 bits per heavy atom. The molecule has 0 spiro atoms. The molecule has 3 amide bonds. The highest BCUT2D eigenvalue weighted by Gasteiger charge is 2.34. The van der Waals surface area contributed by atoms with E-state index in [4.69, 9.17) is 0 Å². The van der Waals surface area contributed by atoms with Crippen LogP contribution in [0.5, 0.6) is 0 Å². The zero-order valence-electron chi connectivity index (χ0n) is 14.7. The second-order valence-electron chi connectivity index (χ2n) is 6.25. The smallest absolute Gasteiger partial charge is 0.261 e. The van der Waals surface area contributed by atoms with Gasteiger partial charge >= 0.3 is 0 Å². The molecule has 0 saturated heterocycles. The molecule has 136 valence electrons. The number of carbonyl (C=O) groups excluding carboxylic acids is 3. The number of unbranched alkanes of at least 4 members (excludes halogenated alkanes) is 2. The lowest BCUT2D eigenvalue weighted by atomic mass is 10.1. The normalized spacial score (nSPS) is 13.2. The molecule has 1 aromatic heterocycles. The molecule has 1 aliphatic rings. The van der Waals surface area contributed by atoms with Crippen molar-refractivity contribution in [2.75, 3.05) is 6.54 Å². The fourth-order valence-electron chi connectivity index (χ4n) is 2.94. The van der Waals surface area contributed by atoms with Crippen molar-refractivity contribution in [2.45, 2.75) is 39.2 Å². The molecule has 1 aromatic carbocycles. The minimum atomic E-state index is -0.220. The van der Waals surface area contributed by atoms with Gasteiger partial charge in [0, 0.05) is 18.3 Å². The summed E-state index contributed by atoms with van der Waals surface area (Å²) in [6.45, 7) is 2.79. The van der Waals surface area contributed by atoms with E-state index in [2.05, 4.69) is 10.3 Å². The van der Waals surface area contributed by atoms with Crippen molar-refractivity contribution >= 4 is 29.1 Å². The first-order chi connectivity index (χ1) is 12.6. The fraction of sp³-hybridized carbons (Fsp3) is 0.368. The molecular formula is C19H21N3O3S. The summed E-state index contributed by atoms with van der Waals surface area (Å²) in [5.41, 5.74) is 1.84. The molecule has 0 aliphatic carbocycles. The fourth-order valence-corrected chi connectivity index (χ4v) is 3.55. The summed E-state index contributed by atoms with van der Waals surface area (Å²) >= 11 is 1.57. The van der Waals surface area contributed by atoms with Gasteiger partial charge in [0.15, 0.2) is 0 Å². The van der Waals surface area contributed by atoms with Crippen molar-refractivity contribution in [3.63, 3.8) is 0 Å². The second-order valence-corrected chi connectivity index (χ2v) is 7.32. The van der Waals surface area contributed by atoms with Gasteiger partial charge in [0.1, 0.15) is 0 Å². The quantitative estimate of drug-likeness (QED) is 0.572. The average molecular weight is 371 g/mol. The van der Waals surface area contributed by atoms with E-state index < -0.39 is 0 Å². The Labute approximate surface area is 156 Å². The molecule has 3 rings (SSSR count). The maximum Gasteiger partial charge on any atom is 0.261 e. The largest absolute Gasteiger partial charge is 0.350 e. The molecule has 2 heterocycles. The molecule has 7 heteroatoms. The van der Waals surface area contributed by atoms with Crippen LogP contribution in [0.4, 0.5) is 0 Å². The van der Waals surface area contributed by atoms with Crippen LogP contribution in [0, 0.1) is 6.92 Å². The van der Waals surface area contributed by atoms with Crippen LogP contribution in [-0.2, 0) is 11.3 Å². The van der Waals surface area contributed by atoms with E-state index in [1.165, 1.54) is 4.90 Å². The molecule has 0 saturated carbocycles. The van der Waals surface area contributed by atoms with Gasteiger partial charge in [-0.2, -0.15) is 0 Å². The lowest BCUT2D eigenvalue weighted by molar-refractivity contribution is -0.121. The molecular weight excluding hydrogens is 350 g/mol. The van der Waals surface area contributed by atoms with Crippen molar-refractivity contribution in [3.8, 4) is 0 Å². The monoisotopic (exact) mass is 371 g/mol. The standard InChI is InChI=1S/C19H21N3O3S/c1-13-21-14(12-26-13)11-20-17(23)9-3-2-6-10-22-18(24)15-7-4-5-8-16(15)19(22)25/h4-5,7-8,12H,2-3,6,9-11H2,1H3,(H,20,23). The number of rotatable bonds is 8. The minimum absolute atomic E-state index is 0.00335. The van der Waals surface area contributed by atoms with E-state index in [1.54, 1.807) is 35.6 Å². The number of fused-ring (bicyclic) bond motifs is 1. The van der Waals surface area contributed by atoms with Crippen LogP contribution < -0.4 is 5.32 Å². The minimum Gasteiger partial charge on any atom is -0.350 e. The van der Waals surface area contributed by atoms with E-state index in [1.807, 2.05) is 12.3 Å². The van der Waals surface area contributed by atoms with Crippen molar-refractivity contribution < 1.29 is 14.4 Å². The summed E-state index contributed by atoms with van der Waals surface area (Å²) in [6, 6.07) is 6.89. The van der Waals surface area contributed by atoms with Gasteiger partial charge in [-0.1, -0.05) is 18.6 Å². The lowest BCUT2D eigenvalue weighted by Crippen LogP contribution is -2.30. The first-order valence-corrected chi connectivity index (χ1v) is 9.57. The Balaban J connectivity index is 1.34. The third-order valence-electron chi connectivity index (χ3n) is 4.30. The summed E-state index contributed by atoms with van der Waals surface area (Å²) in [5.74, 6) is -0.444. The van der Waals surface area contributed by atoms with Crippen LogP contribution >= 0.6 is 11.3 Å². The van der Waals surface area contributed by atoms with Crippen LogP contribution in [0.3, 0.4) is 0 Å². The van der Waals surface area contributed by atoms with Gasteiger partial charge in [-0.3, -0.25) is 19.3 Å². The highest BCUT2D eigenvalue weighted by Crippen LogP contribution is 2.22. The Hall–Kier alpha value is -2.54. The SMILES string of the molecule is Cc1nc(CNC(=O)CCCCCN2C(=O)c3ccccc3C2=O)cs1. The third-order valence-corrected chi connectivity index (χ3v) is 5.12. The zero-order valence-corrected chi connectivity index (χ0v) is 15.5. The van der Waals surface area contributed by atoms with Crippen molar-refractivity contribution in [1.82, 2.24) is 15.2 Å². The Kier molecular flexibility index (Phi) is 5.78. The van der Waals surface area contributed by atoms with Gasteiger partial charge in [-0.25, -0.2) is 4.98 Å². The number of thiazole rings is 1. The molecule has 2 aromatic rings. The summed E-state index contributed by atoms with van der Waals surface area (Å²) in [5, 5.41) is 5.79. The number of nitrogens with one attached hydrogen (secondary N) is 1. The van der Waals surface area contributed by atoms with Gasteiger partial charge < -0.3 is 5.32 Å². The second kappa shape index (κ2) is 8.23. The number of benzene rings is 1. The number of hydrogen-bond donors (Lipinski definition) is 1. The lowest BCUT2D eigenvalue weighted by Gasteiger charge is -2.13. The summed E-state index contributed by atoms with van der Waals surface area (Å²) in [6.07, 6.45) is 2.65. The van der Waals surface area contributed by atoms with E-state index in [9.17, 15) is 14.4 Å². The van der Waals surface area contributed by atoms with Gasteiger partial charge in [-0.05, 0) is 31.9 Å². The zero-order chi connectivity index (χ0) is 18.5. The summed E-state index contributed by atoms with van der Waals surface area (Å²) in [7, 11) is 0. The van der Waals surface area contributed by atoms with Crippen LogP contribution in [0.25, 0.3) is 0 Å². The third kappa shape index (κ3) is 4.16. The number of aromatic nitrogens is 1. The summed E-state index contributed by atoms with van der Waals surface area (Å²) < 4.78 is 0. The number of aryl methyl sites for hydroxylation is 1. The van der Waals surface area contributed by atoms with E-state index in [-0.39, 0.29) is 17.7 Å². The van der Waals surface area contributed by atoms with Gasteiger partial charge in [-0.15, -0.1) is 11.3 Å². The van der Waals surface area contributed by atoms with E-state index >= 15 is 0 Å².